The topological polar surface area (TPSA) is 17.1 Å². The molecule has 0 heterocycles. The van der Waals surface area contributed by atoms with Crippen molar-refractivity contribution in [2.75, 3.05) is 0 Å². The summed E-state index contributed by atoms with van der Waals surface area (Å²) in [7, 11) is 0. The number of carbonyl (C=O) groups excluding carboxylic acids is 1. The lowest BCUT2D eigenvalue weighted by molar-refractivity contribution is -0.135. The minimum absolute atomic E-state index is 0.0543. The van der Waals surface area contributed by atoms with Gasteiger partial charge in [0.2, 0.25) is 0 Å². The third kappa shape index (κ3) is 0.827. The fraction of sp³-hybridized carbons (Fsp3) is 0.462. The molecule has 3 rings (SSSR count). The molecule has 1 nitrogen and oxygen atoms in total. The molecule has 2 aliphatic carbocycles. The van der Waals surface area contributed by atoms with Crippen molar-refractivity contribution in [3.05, 3.63) is 35.9 Å². The van der Waals surface area contributed by atoms with Gasteiger partial charge in [0.1, 0.15) is 5.78 Å². The number of benzene rings is 1. The van der Waals surface area contributed by atoms with Crippen LogP contribution in [-0.4, -0.2) is 5.78 Å². The van der Waals surface area contributed by atoms with Gasteiger partial charge in [-0.3, -0.25) is 4.79 Å². The van der Waals surface area contributed by atoms with E-state index in [1.165, 1.54) is 18.4 Å². The van der Waals surface area contributed by atoms with E-state index in [0.29, 0.717) is 11.7 Å². The molecule has 2 saturated carbocycles. The Kier molecular flexibility index (Phi) is 1.58. The maximum atomic E-state index is 11.8. The van der Waals surface area contributed by atoms with E-state index in [0.717, 1.165) is 12.8 Å². The maximum absolute atomic E-state index is 11.8. The van der Waals surface area contributed by atoms with Crippen LogP contribution in [0.15, 0.2) is 30.3 Å². The van der Waals surface area contributed by atoms with Crippen LogP contribution in [-0.2, 0) is 10.2 Å². The summed E-state index contributed by atoms with van der Waals surface area (Å²) in [5.74, 6) is 1.13. The highest BCUT2D eigenvalue weighted by Crippen LogP contribution is 2.55. The number of Topliss-reactive ketones (excluding diaryl/α,β-unsaturated/α-hetero) is 1. The second kappa shape index (κ2) is 2.69. The quantitative estimate of drug-likeness (QED) is 0.659. The van der Waals surface area contributed by atoms with Gasteiger partial charge in [-0.15, -0.1) is 0 Å². The Labute approximate surface area is 84.1 Å². The van der Waals surface area contributed by atoms with Gasteiger partial charge in [-0.2, -0.15) is 0 Å². The van der Waals surface area contributed by atoms with E-state index in [9.17, 15) is 4.79 Å². The third-order valence-corrected chi connectivity index (χ3v) is 4.04. The van der Waals surface area contributed by atoms with Crippen molar-refractivity contribution < 1.29 is 4.79 Å². The standard InChI is InChI=1S/C13H14O/c14-12-9-11-7-4-8-13(11,12)10-5-2-1-3-6-10/h1-3,5-6,11H,4,7-9H2/t11-,13+/m0/s1. The minimum Gasteiger partial charge on any atom is -0.299 e. The highest BCUT2D eigenvalue weighted by Gasteiger charge is 2.57. The first kappa shape index (κ1) is 8.22. The van der Waals surface area contributed by atoms with Crippen molar-refractivity contribution in [1.29, 1.82) is 0 Å². The summed E-state index contributed by atoms with van der Waals surface area (Å²) in [6.07, 6.45) is 4.39. The molecule has 0 amide bonds. The smallest absolute Gasteiger partial charge is 0.144 e. The molecule has 0 N–H and O–H groups in total. The second-order valence-corrected chi connectivity index (χ2v) is 4.55. The second-order valence-electron chi connectivity index (χ2n) is 4.55. The average molecular weight is 186 g/mol. The molecule has 0 saturated heterocycles. The predicted molar refractivity (Wildman–Crippen MR) is 55.1 cm³/mol. The molecule has 0 spiro atoms. The molecule has 2 aliphatic rings. The number of ketones is 1. The van der Waals surface area contributed by atoms with Crippen molar-refractivity contribution in [2.45, 2.75) is 31.1 Å². The van der Waals surface area contributed by atoms with Gasteiger partial charge < -0.3 is 0 Å². The summed E-state index contributed by atoms with van der Waals surface area (Å²) < 4.78 is 0. The van der Waals surface area contributed by atoms with Crippen LogP contribution in [0.1, 0.15) is 31.2 Å². The lowest BCUT2D eigenvalue weighted by Gasteiger charge is -2.43. The number of fused-ring (bicyclic) bond motifs is 1. The maximum Gasteiger partial charge on any atom is 0.144 e. The van der Waals surface area contributed by atoms with Crippen molar-refractivity contribution in [3.63, 3.8) is 0 Å². The predicted octanol–water partition coefficient (Wildman–Crippen LogP) is 2.70. The Morgan fingerprint density at radius 1 is 1.21 bits per heavy atom. The zero-order chi connectivity index (χ0) is 9.60. The normalized spacial score (nSPS) is 35.1. The van der Waals surface area contributed by atoms with Gasteiger partial charge in [-0.1, -0.05) is 36.8 Å². The largest absolute Gasteiger partial charge is 0.299 e. The molecule has 0 aromatic heterocycles. The third-order valence-electron chi connectivity index (χ3n) is 4.04. The lowest BCUT2D eigenvalue weighted by atomic mass is 9.57. The fourth-order valence-electron chi connectivity index (χ4n) is 3.27. The summed E-state index contributed by atoms with van der Waals surface area (Å²) in [4.78, 5) is 11.8. The van der Waals surface area contributed by atoms with E-state index in [2.05, 4.69) is 12.1 Å². The molecule has 0 radical (unpaired) electrons. The highest BCUT2D eigenvalue weighted by molar-refractivity contribution is 5.97. The van der Waals surface area contributed by atoms with Crippen molar-refractivity contribution in [2.24, 2.45) is 5.92 Å². The van der Waals surface area contributed by atoms with Crippen molar-refractivity contribution in [1.82, 2.24) is 0 Å². The summed E-state index contributed by atoms with van der Waals surface area (Å²) in [5, 5.41) is 0. The molecular formula is C13H14O. The molecule has 72 valence electrons. The van der Waals surface area contributed by atoms with Crippen LogP contribution in [0.2, 0.25) is 0 Å². The first-order valence-electron chi connectivity index (χ1n) is 5.43. The van der Waals surface area contributed by atoms with Gasteiger partial charge in [0.25, 0.3) is 0 Å². The first-order chi connectivity index (χ1) is 6.84. The zero-order valence-corrected chi connectivity index (χ0v) is 8.20. The highest BCUT2D eigenvalue weighted by atomic mass is 16.1. The molecule has 2 fully saturated rings. The van der Waals surface area contributed by atoms with Gasteiger partial charge in [-0.25, -0.2) is 0 Å². The van der Waals surface area contributed by atoms with Crippen LogP contribution in [0, 0.1) is 5.92 Å². The van der Waals surface area contributed by atoms with Crippen molar-refractivity contribution in [3.8, 4) is 0 Å². The summed E-state index contributed by atoms with van der Waals surface area (Å²) in [6.45, 7) is 0. The molecule has 2 atom stereocenters. The number of hydrogen-bond donors (Lipinski definition) is 0. The fourth-order valence-corrected chi connectivity index (χ4v) is 3.27. The van der Waals surface area contributed by atoms with E-state index in [1.54, 1.807) is 0 Å². The van der Waals surface area contributed by atoms with Gasteiger partial charge in [0.15, 0.2) is 0 Å². The Hall–Kier alpha value is -1.11. The van der Waals surface area contributed by atoms with Crippen LogP contribution < -0.4 is 0 Å². The SMILES string of the molecule is O=C1C[C@@H]2CCC[C@]12c1ccccc1. The number of carbonyl (C=O) groups is 1. The average Bonchev–Trinajstić information content (AvgIpc) is 2.57. The Morgan fingerprint density at radius 2 is 2.00 bits per heavy atom. The minimum atomic E-state index is -0.0543. The monoisotopic (exact) mass is 186 g/mol. The zero-order valence-electron chi connectivity index (χ0n) is 8.20. The summed E-state index contributed by atoms with van der Waals surface area (Å²) >= 11 is 0. The Bertz CT molecular complexity index is 368. The van der Waals surface area contributed by atoms with Crippen LogP contribution in [0.5, 0.6) is 0 Å². The first-order valence-corrected chi connectivity index (χ1v) is 5.43. The molecule has 0 aliphatic heterocycles. The molecular weight excluding hydrogens is 172 g/mol. The molecule has 1 heteroatoms. The summed E-state index contributed by atoms with van der Waals surface area (Å²) in [5.41, 5.74) is 1.21. The van der Waals surface area contributed by atoms with Gasteiger partial charge in [-0.05, 0) is 24.3 Å². The van der Waals surface area contributed by atoms with Crippen LogP contribution in [0.3, 0.4) is 0 Å². The van der Waals surface area contributed by atoms with E-state index in [4.69, 9.17) is 0 Å². The van der Waals surface area contributed by atoms with Crippen molar-refractivity contribution >= 4 is 5.78 Å². The summed E-state index contributed by atoms with van der Waals surface area (Å²) in [6, 6.07) is 10.4. The number of rotatable bonds is 1. The lowest BCUT2D eigenvalue weighted by Crippen LogP contribution is -2.50. The Morgan fingerprint density at radius 3 is 2.64 bits per heavy atom. The van der Waals surface area contributed by atoms with Crippen LogP contribution in [0.4, 0.5) is 0 Å². The molecule has 0 bridgehead atoms. The van der Waals surface area contributed by atoms with E-state index < -0.39 is 0 Å². The van der Waals surface area contributed by atoms with E-state index >= 15 is 0 Å². The Balaban J connectivity index is 2.08. The van der Waals surface area contributed by atoms with E-state index in [-0.39, 0.29) is 5.41 Å². The molecule has 1 aromatic rings. The number of hydrogen-bond acceptors (Lipinski definition) is 1. The van der Waals surface area contributed by atoms with Crippen LogP contribution >= 0.6 is 0 Å². The molecule has 0 unspecified atom stereocenters. The molecule has 14 heavy (non-hydrogen) atoms. The van der Waals surface area contributed by atoms with E-state index in [1.807, 2.05) is 18.2 Å². The van der Waals surface area contributed by atoms with Gasteiger partial charge in [0, 0.05) is 6.42 Å². The van der Waals surface area contributed by atoms with Gasteiger partial charge in [0.05, 0.1) is 5.41 Å². The van der Waals surface area contributed by atoms with Crippen LogP contribution in [0.25, 0.3) is 0 Å². The molecule has 1 aromatic carbocycles. The van der Waals surface area contributed by atoms with Gasteiger partial charge >= 0.3 is 0 Å².